The number of alkyl halides is 3. The van der Waals surface area contributed by atoms with Crippen molar-refractivity contribution in [1.82, 2.24) is 4.57 Å². The van der Waals surface area contributed by atoms with E-state index in [4.69, 9.17) is 0 Å². The minimum absolute atomic E-state index is 0.623. The van der Waals surface area contributed by atoms with E-state index in [0.29, 0.717) is 5.69 Å². The highest BCUT2D eigenvalue weighted by molar-refractivity contribution is 6.17. The third-order valence-corrected chi connectivity index (χ3v) is 13.8. The average Bonchev–Trinajstić information content (AvgIpc) is 3.95. The van der Waals surface area contributed by atoms with Crippen LogP contribution in [0.2, 0.25) is 0 Å². The molecule has 0 atom stereocenters. The Morgan fingerprint density at radius 3 is 1.65 bits per heavy atom. The van der Waals surface area contributed by atoms with Crippen LogP contribution in [0.15, 0.2) is 224 Å². The number of halogens is 3. The molecule has 0 radical (unpaired) electrons. The van der Waals surface area contributed by atoms with Gasteiger partial charge in [-0.25, -0.2) is 0 Å². The van der Waals surface area contributed by atoms with Crippen molar-refractivity contribution in [3.8, 4) is 39.1 Å². The predicted molar refractivity (Wildman–Crippen MR) is 260 cm³/mol. The Balaban J connectivity index is 1.19. The zero-order chi connectivity index (χ0) is 43.4. The summed E-state index contributed by atoms with van der Waals surface area (Å²) in [5, 5.41) is 4.40. The molecule has 1 spiro atoms. The maximum absolute atomic E-state index is 14.2. The molecule has 65 heavy (non-hydrogen) atoms. The van der Waals surface area contributed by atoms with Crippen molar-refractivity contribution in [2.24, 2.45) is 0 Å². The van der Waals surface area contributed by atoms with Crippen molar-refractivity contribution in [3.05, 3.63) is 252 Å². The Bertz CT molecular complexity index is 3650. The van der Waals surface area contributed by atoms with Gasteiger partial charge in [-0.1, -0.05) is 158 Å². The fourth-order valence-electron chi connectivity index (χ4n) is 11.2. The van der Waals surface area contributed by atoms with Gasteiger partial charge in [-0.05, 0) is 122 Å². The second-order valence-corrected chi connectivity index (χ2v) is 17.1. The fraction of sp³-hybridized carbons (Fsp3) is 0.0333. The van der Waals surface area contributed by atoms with E-state index in [2.05, 4.69) is 179 Å². The Labute approximate surface area is 373 Å². The number of hydrogen-bond acceptors (Lipinski definition) is 1. The highest BCUT2D eigenvalue weighted by Gasteiger charge is 2.53. The monoisotopic (exact) mass is 842 g/mol. The Morgan fingerprint density at radius 2 is 0.954 bits per heavy atom. The van der Waals surface area contributed by atoms with E-state index in [9.17, 15) is 13.2 Å². The molecule has 1 heterocycles. The molecule has 5 heteroatoms. The third-order valence-electron chi connectivity index (χ3n) is 13.8. The maximum Gasteiger partial charge on any atom is 0.416 e. The molecule has 10 aromatic carbocycles. The zero-order valence-electron chi connectivity index (χ0n) is 34.9. The van der Waals surface area contributed by atoms with Crippen LogP contribution in [0, 0.1) is 0 Å². The van der Waals surface area contributed by atoms with Crippen LogP contribution in [-0.2, 0) is 11.6 Å². The number of nitrogens with zero attached hydrogens (tertiary/aromatic N) is 2. The van der Waals surface area contributed by atoms with Gasteiger partial charge in [0.05, 0.1) is 33.4 Å². The Morgan fingerprint density at radius 1 is 0.385 bits per heavy atom. The molecular formula is C60H37F3N2. The largest absolute Gasteiger partial charge is 0.416 e. The quantitative estimate of drug-likeness (QED) is 0.168. The number of hydrogen-bond donors (Lipinski definition) is 0. The van der Waals surface area contributed by atoms with E-state index >= 15 is 0 Å². The van der Waals surface area contributed by atoms with E-state index in [1.165, 1.54) is 50.7 Å². The van der Waals surface area contributed by atoms with Gasteiger partial charge in [0.15, 0.2) is 0 Å². The van der Waals surface area contributed by atoms with Gasteiger partial charge in [0.1, 0.15) is 0 Å². The standard InChI is InChI=1S/C60H37F3N2/c61-60(62,63)39-31-33-41(34-32-39)65(54-29-15-11-21-42(54)38-17-3-1-4-18-38)57-37-53-58(47-26-8-7-24-45(47)57)49-36-56-48(46-25-12-16-30-55(46)64(56)40-19-5-2-6-20-40)35-52(49)59(53)50-27-13-9-22-43(50)44-23-10-14-28-51(44)59/h1-37H. The number of anilines is 3. The van der Waals surface area contributed by atoms with Gasteiger partial charge >= 0.3 is 6.18 Å². The Hall–Kier alpha value is -8.15. The van der Waals surface area contributed by atoms with Gasteiger partial charge in [-0.3, -0.25) is 0 Å². The van der Waals surface area contributed by atoms with Gasteiger partial charge < -0.3 is 9.47 Å². The molecule has 0 aliphatic heterocycles. The van der Waals surface area contributed by atoms with Crippen LogP contribution in [0.1, 0.15) is 27.8 Å². The van der Waals surface area contributed by atoms with Crippen LogP contribution in [0.5, 0.6) is 0 Å². The van der Waals surface area contributed by atoms with Crippen LogP contribution in [0.4, 0.5) is 30.2 Å². The highest BCUT2D eigenvalue weighted by atomic mass is 19.4. The van der Waals surface area contributed by atoms with Crippen LogP contribution >= 0.6 is 0 Å². The third kappa shape index (κ3) is 5.30. The first-order chi connectivity index (χ1) is 31.9. The summed E-state index contributed by atoms with van der Waals surface area (Å²) < 4.78 is 45.1. The van der Waals surface area contributed by atoms with E-state index in [0.717, 1.165) is 66.7 Å². The van der Waals surface area contributed by atoms with Crippen molar-refractivity contribution >= 4 is 49.6 Å². The maximum atomic E-state index is 14.2. The molecule has 0 saturated heterocycles. The highest BCUT2D eigenvalue weighted by Crippen LogP contribution is 2.65. The van der Waals surface area contributed by atoms with Crippen molar-refractivity contribution in [1.29, 1.82) is 0 Å². The Kier molecular flexibility index (Phi) is 8.01. The molecule has 0 saturated carbocycles. The lowest BCUT2D eigenvalue weighted by Gasteiger charge is -2.33. The number of aromatic nitrogens is 1. The summed E-state index contributed by atoms with van der Waals surface area (Å²) in [5.74, 6) is 0. The first kappa shape index (κ1) is 37.4. The van der Waals surface area contributed by atoms with Crippen LogP contribution < -0.4 is 4.90 Å². The SMILES string of the molecule is FC(F)(F)c1ccc(N(c2ccccc2-c2ccccc2)c2cc3c(c4ccccc24)-c2cc4c(cc2C32c3ccccc3-c3ccccc32)c2ccccc2n4-c2ccccc2)cc1. The molecule has 0 bridgehead atoms. The zero-order valence-corrected chi connectivity index (χ0v) is 34.9. The molecule has 11 aromatic rings. The molecule has 0 unspecified atom stereocenters. The van der Waals surface area contributed by atoms with E-state index in [1.807, 2.05) is 30.3 Å². The van der Waals surface area contributed by atoms with Crippen molar-refractivity contribution in [2.45, 2.75) is 11.6 Å². The number of fused-ring (bicyclic) bond motifs is 15. The molecule has 0 fully saturated rings. The van der Waals surface area contributed by atoms with E-state index in [-0.39, 0.29) is 0 Å². The summed E-state index contributed by atoms with van der Waals surface area (Å²) in [7, 11) is 0. The van der Waals surface area contributed by atoms with Crippen LogP contribution in [-0.4, -0.2) is 4.57 Å². The summed E-state index contributed by atoms with van der Waals surface area (Å²) in [6, 6.07) is 76.6. The molecule has 1 aromatic heterocycles. The van der Waals surface area contributed by atoms with Crippen LogP contribution in [0.3, 0.4) is 0 Å². The lowest BCUT2D eigenvalue weighted by molar-refractivity contribution is -0.137. The normalized spacial score (nSPS) is 13.3. The predicted octanol–water partition coefficient (Wildman–Crippen LogP) is 16.4. The van der Waals surface area contributed by atoms with E-state index in [1.54, 1.807) is 12.1 Å². The van der Waals surface area contributed by atoms with Gasteiger partial charge in [-0.2, -0.15) is 13.2 Å². The summed E-state index contributed by atoms with van der Waals surface area (Å²) in [6.07, 6.45) is -4.48. The van der Waals surface area contributed by atoms with Gasteiger partial charge in [0.2, 0.25) is 0 Å². The van der Waals surface area contributed by atoms with Crippen LogP contribution in [0.25, 0.3) is 71.6 Å². The summed E-state index contributed by atoms with van der Waals surface area (Å²) in [5.41, 5.74) is 15.7. The van der Waals surface area contributed by atoms with E-state index < -0.39 is 17.2 Å². The first-order valence-electron chi connectivity index (χ1n) is 21.9. The minimum Gasteiger partial charge on any atom is -0.309 e. The molecule has 2 aliphatic rings. The lowest BCUT2D eigenvalue weighted by Crippen LogP contribution is -2.26. The number of rotatable bonds is 5. The molecule has 0 amide bonds. The average molecular weight is 843 g/mol. The van der Waals surface area contributed by atoms with Crippen molar-refractivity contribution in [2.75, 3.05) is 4.90 Å². The summed E-state index contributed by atoms with van der Waals surface area (Å²) in [4.78, 5) is 2.17. The second-order valence-electron chi connectivity index (χ2n) is 17.1. The minimum atomic E-state index is -4.48. The molecule has 2 nitrogen and oxygen atoms in total. The molecule has 308 valence electrons. The van der Waals surface area contributed by atoms with Gasteiger partial charge in [0.25, 0.3) is 0 Å². The lowest BCUT2D eigenvalue weighted by atomic mass is 9.70. The fourth-order valence-corrected chi connectivity index (χ4v) is 11.2. The van der Waals surface area contributed by atoms with Crippen molar-refractivity contribution in [3.63, 3.8) is 0 Å². The molecule has 0 N–H and O–H groups in total. The molecule has 2 aliphatic carbocycles. The van der Waals surface area contributed by atoms with Gasteiger partial charge in [-0.15, -0.1) is 0 Å². The number of benzene rings is 10. The van der Waals surface area contributed by atoms with Crippen molar-refractivity contribution < 1.29 is 13.2 Å². The summed E-state index contributed by atoms with van der Waals surface area (Å²) >= 11 is 0. The molecule has 13 rings (SSSR count). The number of para-hydroxylation sites is 3. The summed E-state index contributed by atoms with van der Waals surface area (Å²) in [6.45, 7) is 0. The molecular weight excluding hydrogens is 806 g/mol. The topological polar surface area (TPSA) is 8.17 Å². The first-order valence-corrected chi connectivity index (χ1v) is 21.9. The smallest absolute Gasteiger partial charge is 0.309 e. The second kappa shape index (κ2) is 13.9. The van der Waals surface area contributed by atoms with Gasteiger partial charge in [0, 0.05) is 33.1 Å².